The van der Waals surface area contributed by atoms with Crippen LogP contribution in [0.1, 0.15) is 141 Å². The minimum absolute atomic E-state index is 0.00204. The van der Waals surface area contributed by atoms with E-state index in [0.29, 0.717) is 215 Å². The second kappa shape index (κ2) is 53.7. The summed E-state index contributed by atoms with van der Waals surface area (Å²) in [6, 6.07) is 72.1. The van der Waals surface area contributed by atoms with Crippen LogP contribution in [-0.4, -0.2) is 208 Å². The van der Waals surface area contributed by atoms with E-state index in [9.17, 15) is 47.1 Å². The van der Waals surface area contributed by atoms with Crippen molar-refractivity contribution >= 4 is 137 Å². The molecule has 16 N–H and O–H groups in total. The quantitative estimate of drug-likeness (QED) is 0.0178. The zero-order valence-electron chi connectivity index (χ0n) is 80.0. The molecule has 4 aliphatic rings. The Hall–Kier alpha value is -12.3. The molecule has 4 aliphatic heterocycles. The highest BCUT2D eigenvalue weighted by molar-refractivity contribution is 6.36. The smallest absolute Gasteiger partial charge is 0.251 e. The molecule has 4 saturated heterocycles. The molecule has 0 aromatic heterocycles. The van der Waals surface area contributed by atoms with Crippen molar-refractivity contribution in [1.82, 2.24) is 62.1 Å². The van der Waals surface area contributed by atoms with Gasteiger partial charge in [-0.05, 0) is 266 Å². The second-order valence-corrected chi connectivity index (χ2v) is 37.8. The molecule has 0 radical (unpaired) electrons. The molecular formula is C110H126Cl4F2N16O10. The van der Waals surface area contributed by atoms with E-state index in [1.165, 1.54) is 12.1 Å². The fourth-order valence-corrected chi connectivity index (χ4v) is 19.0. The summed E-state index contributed by atoms with van der Waals surface area (Å²) in [5.41, 5.74) is 28.2. The molecule has 0 saturated carbocycles. The first-order valence-corrected chi connectivity index (χ1v) is 50.0. The van der Waals surface area contributed by atoms with Crippen LogP contribution < -0.4 is 74.9 Å². The number of nitrogens with two attached hydrogens (primary N) is 4. The standard InChI is InChI=1S/C29H36N4O4.2C27H30Cl2N4O2.C27H30F2N4O2/c1-36-25-14-20(15-26(17-25)37-2)19-33-13-11-24(32-27(29(33)35)8-5-12-30)18-31-28(34)23-10-9-21-6-3-4-7-22(21)16-23;28-23-7-3-8-24(29)22(23)17-33-14-12-21(32-25(27(33)35)9-4-13-30)16-31-26(34)20-11-10-18-5-1-2-6-19(18)15-20;28-22-9-10-24(29)21(15-22)17-33-13-11-23(32-25(27(33)35)6-3-12-30)16-31-26(34)20-8-7-18-4-1-2-5-19(18)14-20;28-22-12-18(13-23(29)15-22)17-33-11-9-24(32-25(27(33)35)6-3-10-30)16-31-26(34)21-8-7-19-4-1-2-5-20(19)14-21/h3-4,6-7,9-10,14-17,24,27,32H,5,8,11-13,18-19,30H2,1-2H3,(H,31,34);1-3,5-8,10-11,15,21,25,32H,4,9,12-14,16-17,30H2,(H,31,34);1-2,4-5,7-10,14-15,23,25,32H,3,6,11-13,16-17,30H2,(H,31,34);1-2,4-5,7-8,12-15,24-25,32H,3,6,9-11,16-17,30H2,(H,31,34)/t24-,27-;21-,25-;23-,25-;24-,25-/m0000/s1. The number of ether oxygens (including phenoxy) is 2. The highest BCUT2D eigenvalue weighted by atomic mass is 35.5. The Morgan fingerprint density at radius 2 is 0.634 bits per heavy atom. The van der Waals surface area contributed by atoms with Crippen molar-refractivity contribution in [3.8, 4) is 11.5 Å². The van der Waals surface area contributed by atoms with Gasteiger partial charge in [-0.1, -0.05) is 174 Å². The van der Waals surface area contributed by atoms with E-state index < -0.39 is 17.7 Å². The lowest BCUT2D eigenvalue weighted by molar-refractivity contribution is -0.134. The van der Waals surface area contributed by atoms with Gasteiger partial charge in [-0.3, -0.25) is 38.4 Å². The summed E-state index contributed by atoms with van der Waals surface area (Å²) >= 11 is 25.2. The normalized spacial score (nSPS) is 18.3. The first-order chi connectivity index (χ1) is 68.8. The summed E-state index contributed by atoms with van der Waals surface area (Å²) in [5.74, 6) is -0.627. The maximum atomic E-state index is 13.7. The van der Waals surface area contributed by atoms with Crippen molar-refractivity contribution in [2.75, 3.05) is 92.8 Å². The van der Waals surface area contributed by atoms with E-state index in [1.54, 1.807) is 66.5 Å². The third-order valence-corrected chi connectivity index (χ3v) is 27.2. The molecule has 26 nitrogen and oxygen atoms in total. The summed E-state index contributed by atoms with van der Waals surface area (Å²) in [6.45, 7) is 6.93. The van der Waals surface area contributed by atoms with Crippen LogP contribution >= 0.6 is 46.4 Å². The molecule has 8 amide bonds. The van der Waals surface area contributed by atoms with Crippen LogP contribution in [0.15, 0.2) is 243 Å². The van der Waals surface area contributed by atoms with Gasteiger partial charge in [-0.15, -0.1) is 0 Å². The number of halogens is 6. The van der Waals surface area contributed by atoms with Crippen molar-refractivity contribution < 1.29 is 56.6 Å². The molecule has 748 valence electrons. The average molecular weight is 2010 g/mol. The first kappa shape index (κ1) is 107. The first-order valence-electron chi connectivity index (χ1n) is 48.4. The fourth-order valence-electron chi connectivity index (χ4n) is 18.2. The predicted octanol–water partition coefficient (Wildman–Crippen LogP) is 15.2. The van der Waals surface area contributed by atoms with Crippen molar-refractivity contribution in [1.29, 1.82) is 0 Å². The van der Waals surface area contributed by atoms with Gasteiger partial charge in [0, 0.05) is 163 Å². The van der Waals surface area contributed by atoms with Crippen LogP contribution in [0.2, 0.25) is 20.1 Å². The van der Waals surface area contributed by atoms with E-state index in [0.717, 1.165) is 85.1 Å². The molecule has 4 fully saturated rings. The number of nitrogens with zero attached hydrogens (tertiary/aromatic N) is 4. The zero-order chi connectivity index (χ0) is 101. The number of carbonyl (C=O) groups is 8. The van der Waals surface area contributed by atoms with Gasteiger partial charge in [0.05, 0.1) is 38.4 Å². The predicted molar refractivity (Wildman–Crippen MR) is 560 cm³/mol. The molecule has 0 unspecified atom stereocenters. The largest absolute Gasteiger partial charge is 0.497 e. The Bertz CT molecular complexity index is 6290. The number of carbonyl (C=O) groups excluding carboxylic acids is 8. The number of hydrogen-bond donors (Lipinski definition) is 12. The SMILES string of the molecule is COc1cc(CN2CC[C@@H](CNC(=O)c3ccc4ccccc4c3)N[C@@H](CCCN)C2=O)cc(OC)c1.NCCC[C@@H]1N[C@H](CNC(=O)c2ccc3ccccc3c2)CCN(Cc2c(Cl)cccc2Cl)C1=O.NCCC[C@@H]1N[C@H](CNC(=O)c2ccc3ccccc3c2)CCN(Cc2cc(Cl)ccc2Cl)C1=O.NCCC[C@@H]1N[C@H](CNC(=O)c2ccc3ccccc3c2)CCN(Cc2cc(F)cc(F)c2)C1=O. The third-order valence-electron chi connectivity index (χ3n) is 25.9. The zero-order valence-corrected chi connectivity index (χ0v) is 83.0. The molecule has 0 aliphatic carbocycles. The lowest BCUT2D eigenvalue weighted by Crippen LogP contribution is -2.48. The lowest BCUT2D eigenvalue weighted by atomic mass is 10.1. The van der Waals surface area contributed by atoms with E-state index in [1.807, 2.05) is 192 Å². The molecular weight excluding hydrogens is 1890 g/mol. The Balaban J connectivity index is 0.000000159. The van der Waals surface area contributed by atoms with Gasteiger partial charge in [-0.2, -0.15) is 0 Å². The van der Waals surface area contributed by atoms with Crippen LogP contribution in [-0.2, 0) is 45.4 Å². The summed E-state index contributed by atoms with van der Waals surface area (Å²) in [5, 5.41) is 36.5. The Labute approximate surface area is 847 Å². The van der Waals surface area contributed by atoms with Crippen LogP contribution in [0.4, 0.5) is 8.78 Å². The highest BCUT2D eigenvalue weighted by Crippen LogP contribution is 2.32. The minimum atomic E-state index is -0.672. The van der Waals surface area contributed by atoms with Gasteiger partial charge in [0.15, 0.2) is 0 Å². The van der Waals surface area contributed by atoms with Crippen LogP contribution in [0.3, 0.4) is 0 Å². The molecule has 4 heterocycles. The van der Waals surface area contributed by atoms with Crippen molar-refractivity contribution in [3.05, 3.63) is 319 Å². The van der Waals surface area contributed by atoms with Gasteiger partial charge in [0.25, 0.3) is 23.6 Å². The highest BCUT2D eigenvalue weighted by Gasteiger charge is 2.37. The van der Waals surface area contributed by atoms with E-state index in [2.05, 4.69) is 42.5 Å². The molecule has 8 atom stereocenters. The molecule has 0 spiro atoms. The molecule has 142 heavy (non-hydrogen) atoms. The van der Waals surface area contributed by atoms with Crippen LogP contribution in [0.25, 0.3) is 43.1 Å². The number of fused-ring (bicyclic) bond motifs is 4. The number of hydrogen-bond acceptors (Lipinski definition) is 18. The van der Waals surface area contributed by atoms with E-state index >= 15 is 0 Å². The van der Waals surface area contributed by atoms with Crippen LogP contribution in [0.5, 0.6) is 11.5 Å². The Morgan fingerprint density at radius 1 is 0.338 bits per heavy atom. The number of rotatable bonds is 34. The topological polar surface area (TPSA) is 368 Å². The van der Waals surface area contributed by atoms with Crippen molar-refractivity contribution in [2.24, 2.45) is 22.9 Å². The van der Waals surface area contributed by atoms with Gasteiger partial charge in [-0.25, -0.2) is 8.78 Å². The Kier molecular flexibility index (Phi) is 40.5. The minimum Gasteiger partial charge on any atom is -0.497 e. The molecule has 12 aromatic carbocycles. The van der Waals surface area contributed by atoms with E-state index in [4.69, 9.17) is 78.8 Å². The fraction of sp³-hybridized carbons (Fsp3) is 0.345. The van der Waals surface area contributed by atoms with E-state index in [-0.39, 0.29) is 96.1 Å². The number of amides is 8. The number of nitrogens with one attached hydrogen (secondary N) is 8. The summed E-state index contributed by atoms with van der Waals surface area (Å²) in [6.07, 6.45) is 7.95. The van der Waals surface area contributed by atoms with Crippen molar-refractivity contribution in [2.45, 2.75) is 152 Å². The molecule has 16 rings (SSSR count). The van der Waals surface area contributed by atoms with Gasteiger partial charge in [0.1, 0.15) is 23.1 Å². The van der Waals surface area contributed by atoms with Gasteiger partial charge < -0.3 is 94.5 Å². The lowest BCUT2D eigenvalue weighted by Gasteiger charge is -2.25. The molecule has 0 bridgehead atoms. The monoisotopic (exact) mass is 2010 g/mol. The van der Waals surface area contributed by atoms with Crippen molar-refractivity contribution in [3.63, 3.8) is 0 Å². The summed E-state index contributed by atoms with van der Waals surface area (Å²) < 4.78 is 38.1. The Morgan fingerprint density at radius 3 is 0.944 bits per heavy atom. The van der Waals surface area contributed by atoms with Gasteiger partial charge in [0.2, 0.25) is 23.6 Å². The second-order valence-electron chi connectivity index (χ2n) is 36.1. The third kappa shape index (κ3) is 30.6. The number of methoxy groups -OCH3 is 2. The summed E-state index contributed by atoms with van der Waals surface area (Å²) in [7, 11) is 3.22. The van der Waals surface area contributed by atoms with Gasteiger partial charge >= 0.3 is 0 Å². The number of benzene rings is 12. The average Bonchev–Trinajstić information content (AvgIpc) is 1.37. The van der Waals surface area contributed by atoms with Crippen LogP contribution in [0, 0.1) is 11.6 Å². The molecule has 32 heteroatoms. The maximum absolute atomic E-state index is 13.7. The maximum Gasteiger partial charge on any atom is 0.251 e. The molecule has 12 aromatic rings. The summed E-state index contributed by atoms with van der Waals surface area (Å²) in [4.78, 5) is 112.